The van der Waals surface area contributed by atoms with Gasteiger partial charge in [0, 0.05) is 5.02 Å². The summed E-state index contributed by atoms with van der Waals surface area (Å²) in [7, 11) is 0. The van der Waals surface area contributed by atoms with Gasteiger partial charge in [0.05, 0.1) is 5.92 Å². The van der Waals surface area contributed by atoms with Crippen LogP contribution in [0, 0.1) is 5.82 Å². The van der Waals surface area contributed by atoms with Gasteiger partial charge < -0.3 is 0 Å². The van der Waals surface area contributed by atoms with Crippen LogP contribution in [0.2, 0.25) is 5.02 Å². The van der Waals surface area contributed by atoms with Crippen LogP contribution >= 0.6 is 23.2 Å². The Hall–Kier alpha value is -0.600. The second kappa shape index (κ2) is 4.07. The van der Waals surface area contributed by atoms with E-state index in [0.29, 0.717) is 5.02 Å². The van der Waals surface area contributed by atoms with E-state index in [-0.39, 0.29) is 5.56 Å². The van der Waals surface area contributed by atoms with Gasteiger partial charge >= 0.3 is 0 Å². The largest absolute Gasteiger partial charge is 0.281 e. The van der Waals surface area contributed by atoms with E-state index in [1.165, 1.54) is 12.1 Å². The van der Waals surface area contributed by atoms with E-state index >= 15 is 0 Å². The van der Waals surface area contributed by atoms with E-state index in [4.69, 9.17) is 23.2 Å². The Balaban J connectivity index is 3.08. The number of carbonyl (C=O) groups excluding carboxylic acids is 1. The first-order chi connectivity index (χ1) is 6.02. The van der Waals surface area contributed by atoms with Gasteiger partial charge in [-0.1, -0.05) is 24.6 Å². The molecule has 0 aromatic heterocycles. The Morgan fingerprint density at radius 2 is 2.15 bits per heavy atom. The molecule has 70 valence electrons. The van der Waals surface area contributed by atoms with Crippen molar-refractivity contribution in [2.45, 2.75) is 12.8 Å². The van der Waals surface area contributed by atoms with Crippen molar-refractivity contribution in [3.63, 3.8) is 0 Å². The van der Waals surface area contributed by atoms with Gasteiger partial charge in [0.2, 0.25) is 5.24 Å². The predicted octanol–water partition coefficient (Wildman–Crippen LogP) is 3.35. The fraction of sp³-hybridized carbons (Fsp3) is 0.222. The van der Waals surface area contributed by atoms with Gasteiger partial charge in [-0.15, -0.1) is 0 Å². The number of hydrogen-bond acceptors (Lipinski definition) is 1. The van der Waals surface area contributed by atoms with Crippen molar-refractivity contribution >= 4 is 28.4 Å². The maximum atomic E-state index is 13.2. The number of carbonyl (C=O) groups is 1. The van der Waals surface area contributed by atoms with E-state index < -0.39 is 17.0 Å². The smallest absolute Gasteiger partial charge is 0.228 e. The molecule has 0 fully saturated rings. The first-order valence-electron chi connectivity index (χ1n) is 3.66. The Bertz CT molecular complexity index is 338. The molecule has 0 aliphatic rings. The third kappa shape index (κ3) is 2.42. The summed E-state index contributed by atoms with van der Waals surface area (Å²) in [6.07, 6.45) is 0. The van der Waals surface area contributed by atoms with Crippen molar-refractivity contribution in [2.75, 3.05) is 0 Å². The molecule has 1 aromatic carbocycles. The molecule has 0 N–H and O–H groups in total. The molecule has 4 heteroatoms. The summed E-state index contributed by atoms with van der Waals surface area (Å²) in [5, 5.41) is -0.281. The minimum Gasteiger partial charge on any atom is -0.281 e. The van der Waals surface area contributed by atoms with Crippen molar-refractivity contribution in [2.24, 2.45) is 0 Å². The first-order valence-corrected chi connectivity index (χ1v) is 4.42. The van der Waals surface area contributed by atoms with Crippen molar-refractivity contribution < 1.29 is 9.18 Å². The number of rotatable bonds is 2. The molecule has 0 heterocycles. The highest BCUT2D eigenvalue weighted by atomic mass is 35.5. The van der Waals surface area contributed by atoms with E-state index in [0.717, 1.165) is 6.07 Å². The average molecular weight is 221 g/mol. The summed E-state index contributed by atoms with van der Waals surface area (Å²) in [6, 6.07) is 4.14. The second-order valence-electron chi connectivity index (χ2n) is 2.69. The fourth-order valence-electron chi connectivity index (χ4n) is 0.975. The molecule has 0 bridgehead atoms. The van der Waals surface area contributed by atoms with Crippen molar-refractivity contribution in [1.29, 1.82) is 0 Å². The minimum absolute atomic E-state index is 0.268. The van der Waals surface area contributed by atoms with Crippen molar-refractivity contribution in [3.8, 4) is 0 Å². The van der Waals surface area contributed by atoms with E-state index in [2.05, 4.69) is 0 Å². The van der Waals surface area contributed by atoms with E-state index in [1.807, 2.05) is 0 Å². The number of halogens is 3. The summed E-state index contributed by atoms with van der Waals surface area (Å²) in [6.45, 7) is 1.54. The van der Waals surface area contributed by atoms with Gasteiger partial charge in [0.25, 0.3) is 0 Å². The maximum absolute atomic E-state index is 13.2. The topological polar surface area (TPSA) is 17.1 Å². The van der Waals surface area contributed by atoms with E-state index in [9.17, 15) is 9.18 Å². The Morgan fingerprint density at radius 1 is 1.54 bits per heavy atom. The van der Waals surface area contributed by atoms with Crippen LogP contribution in [0.15, 0.2) is 18.2 Å². The zero-order valence-corrected chi connectivity index (χ0v) is 8.36. The molecule has 0 aliphatic heterocycles. The van der Waals surface area contributed by atoms with Crippen LogP contribution in [-0.4, -0.2) is 5.24 Å². The molecule has 0 saturated carbocycles. The highest BCUT2D eigenvalue weighted by Crippen LogP contribution is 2.23. The zero-order chi connectivity index (χ0) is 10.0. The van der Waals surface area contributed by atoms with Crippen LogP contribution in [0.25, 0.3) is 0 Å². The summed E-state index contributed by atoms with van der Waals surface area (Å²) in [5.41, 5.74) is 0.268. The molecule has 1 nitrogen and oxygen atoms in total. The molecular formula is C9H7Cl2FO. The lowest BCUT2D eigenvalue weighted by molar-refractivity contribution is -0.112. The van der Waals surface area contributed by atoms with Crippen LogP contribution in [0.1, 0.15) is 18.4 Å². The second-order valence-corrected chi connectivity index (χ2v) is 3.50. The molecule has 1 aromatic rings. The summed E-state index contributed by atoms with van der Waals surface area (Å²) in [4.78, 5) is 10.7. The molecule has 1 rings (SSSR count). The van der Waals surface area contributed by atoms with Crippen molar-refractivity contribution in [1.82, 2.24) is 0 Å². The summed E-state index contributed by atoms with van der Waals surface area (Å²) < 4.78 is 13.2. The lowest BCUT2D eigenvalue weighted by Gasteiger charge is -2.07. The standard InChI is InChI=1S/C9H7Cl2FO/c1-5(9(11)13)7-3-2-6(10)4-8(7)12/h2-5H,1H3. The quantitative estimate of drug-likeness (QED) is 0.700. The Labute approximate surface area is 85.5 Å². The van der Waals surface area contributed by atoms with Gasteiger partial charge in [-0.05, 0) is 29.3 Å². The van der Waals surface area contributed by atoms with E-state index in [1.54, 1.807) is 6.92 Å². The molecule has 0 saturated heterocycles. The molecule has 0 radical (unpaired) electrons. The summed E-state index contributed by atoms with van der Waals surface area (Å²) in [5.74, 6) is -1.15. The van der Waals surface area contributed by atoms with Gasteiger partial charge in [0.15, 0.2) is 0 Å². The minimum atomic E-state index is -0.640. The molecule has 0 aliphatic carbocycles. The zero-order valence-electron chi connectivity index (χ0n) is 6.85. The Morgan fingerprint density at radius 3 is 2.62 bits per heavy atom. The lowest BCUT2D eigenvalue weighted by Crippen LogP contribution is -2.04. The van der Waals surface area contributed by atoms with Gasteiger partial charge in [0.1, 0.15) is 5.82 Å². The number of benzene rings is 1. The maximum Gasteiger partial charge on any atom is 0.228 e. The third-order valence-electron chi connectivity index (χ3n) is 1.77. The molecule has 0 spiro atoms. The normalized spacial score (nSPS) is 12.6. The van der Waals surface area contributed by atoms with Crippen molar-refractivity contribution in [3.05, 3.63) is 34.6 Å². The van der Waals surface area contributed by atoms with Crippen LogP contribution in [0.4, 0.5) is 4.39 Å². The first kappa shape index (κ1) is 10.5. The predicted molar refractivity (Wildman–Crippen MR) is 50.7 cm³/mol. The molecule has 0 amide bonds. The fourth-order valence-corrected chi connectivity index (χ4v) is 1.25. The summed E-state index contributed by atoms with van der Waals surface area (Å²) >= 11 is 10.8. The molecule has 1 atom stereocenters. The van der Waals surface area contributed by atoms with Gasteiger partial charge in [-0.3, -0.25) is 4.79 Å². The molecular weight excluding hydrogens is 214 g/mol. The lowest BCUT2D eigenvalue weighted by atomic mass is 10.0. The highest BCUT2D eigenvalue weighted by Gasteiger charge is 2.16. The average Bonchev–Trinajstić information content (AvgIpc) is 2.03. The van der Waals surface area contributed by atoms with Gasteiger partial charge in [-0.25, -0.2) is 4.39 Å². The SMILES string of the molecule is CC(C(=O)Cl)c1ccc(Cl)cc1F. The molecule has 13 heavy (non-hydrogen) atoms. The monoisotopic (exact) mass is 220 g/mol. The number of hydrogen-bond donors (Lipinski definition) is 0. The van der Waals surface area contributed by atoms with Crippen LogP contribution in [0.5, 0.6) is 0 Å². The Kier molecular flexibility index (Phi) is 3.28. The van der Waals surface area contributed by atoms with Crippen LogP contribution < -0.4 is 0 Å². The third-order valence-corrected chi connectivity index (χ3v) is 2.33. The van der Waals surface area contributed by atoms with Crippen LogP contribution in [-0.2, 0) is 4.79 Å². The highest BCUT2D eigenvalue weighted by molar-refractivity contribution is 6.64. The van der Waals surface area contributed by atoms with Crippen LogP contribution in [0.3, 0.4) is 0 Å². The van der Waals surface area contributed by atoms with Gasteiger partial charge in [-0.2, -0.15) is 0 Å². The molecule has 1 unspecified atom stereocenters.